The highest BCUT2D eigenvalue weighted by Gasteiger charge is 2.36. The van der Waals surface area contributed by atoms with Gasteiger partial charge >= 0.3 is 6.03 Å². The van der Waals surface area contributed by atoms with Crippen molar-refractivity contribution >= 4 is 39.7 Å². The number of rotatable bonds is 7. The fourth-order valence-corrected chi connectivity index (χ4v) is 5.95. The van der Waals surface area contributed by atoms with Crippen molar-refractivity contribution in [3.05, 3.63) is 101 Å². The molecule has 38 heavy (non-hydrogen) atoms. The van der Waals surface area contributed by atoms with Crippen LogP contribution in [0.3, 0.4) is 0 Å². The number of amides is 3. The van der Waals surface area contributed by atoms with E-state index < -0.39 is 11.6 Å². The van der Waals surface area contributed by atoms with Crippen LogP contribution in [0.15, 0.2) is 72.8 Å². The van der Waals surface area contributed by atoms with E-state index in [9.17, 15) is 18.4 Å². The first-order valence-corrected chi connectivity index (χ1v) is 12.9. The summed E-state index contributed by atoms with van der Waals surface area (Å²) in [7, 11) is 1.85. The minimum atomic E-state index is -0.697. The summed E-state index contributed by atoms with van der Waals surface area (Å²) < 4.78 is 29.4. The second-order valence-electron chi connectivity index (χ2n) is 8.97. The zero-order chi connectivity index (χ0) is 26.8. The molecule has 1 aliphatic rings. The molecule has 0 radical (unpaired) electrons. The van der Waals surface area contributed by atoms with Gasteiger partial charge in [-0.25, -0.2) is 13.6 Å². The first-order valence-electron chi connectivity index (χ1n) is 12.1. The molecular formula is C29H26F2N4O2S. The number of carbonyl (C=O) groups excluding carboxylic acids is 2. The molecule has 5 rings (SSSR count). The van der Waals surface area contributed by atoms with E-state index in [0.29, 0.717) is 29.5 Å². The Hall–Kier alpha value is -4.08. The molecule has 0 spiro atoms. The number of para-hydroxylation sites is 1. The lowest BCUT2D eigenvalue weighted by molar-refractivity contribution is -0.114. The third kappa shape index (κ3) is 4.90. The molecule has 2 heterocycles. The van der Waals surface area contributed by atoms with Crippen molar-refractivity contribution in [2.45, 2.75) is 26.6 Å². The average molecular weight is 533 g/mol. The average Bonchev–Trinajstić information content (AvgIpc) is 3.26. The zero-order valence-electron chi connectivity index (χ0n) is 20.9. The quantitative estimate of drug-likeness (QED) is 0.285. The van der Waals surface area contributed by atoms with Gasteiger partial charge in [-0.15, -0.1) is 11.3 Å². The number of nitrogens with one attached hydrogen (secondary N) is 2. The SMILES string of the molecule is CNCc1c(-c2ccc(NC(C)=O)cc2)sc2c1CN(c1ccccc1)C(=O)N2Cc1c(F)cccc1F. The lowest BCUT2D eigenvalue weighted by atomic mass is 10.0. The van der Waals surface area contributed by atoms with Gasteiger partial charge in [-0.3, -0.25) is 14.6 Å². The second kappa shape index (κ2) is 10.7. The van der Waals surface area contributed by atoms with Crippen LogP contribution in [-0.2, 0) is 24.4 Å². The standard InChI is InChI=1S/C29H26F2N4O2S/c1-18(36)33-20-13-11-19(12-14-20)27-22(15-32-2)23-16-34(21-7-4-3-5-8-21)29(37)35(28(23)38-27)17-24-25(30)9-6-10-26(24)31/h3-14,32H,15-17H2,1-2H3,(H,33,36). The Kier molecular flexibility index (Phi) is 7.22. The van der Waals surface area contributed by atoms with Crippen molar-refractivity contribution in [2.75, 3.05) is 22.2 Å². The summed E-state index contributed by atoms with van der Waals surface area (Å²) >= 11 is 1.42. The van der Waals surface area contributed by atoms with Crippen LogP contribution in [0.4, 0.5) is 30.0 Å². The Balaban J connectivity index is 1.64. The minimum absolute atomic E-state index is 0.157. The third-order valence-electron chi connectivity index (χ3n) is 6.39. The van der Waals surface area contributed by atoms with Crippen molar-refractivity contribution in [3.63, 3.8) is 0 Å². The summed E-state index contributed by atoms with van der Waals surface area (Å²) in [6.45, 7) is 2.07. The molecule has 4 aromatic rings. The normalized spacial score (nSPS) is 13.0. The third-order valence-corrected chi connectivity index (χ3v) is 7.73. The second-order valence-corrected chi connectivity index (χ2v) is 9.97. The summed E-state index contributed by atoms with van der Waals surface area (Å²) in [5.41, 5.74) is 4.06. The van der Waals surface area contributed by atoms with Crippen molar-refractivity contribution in [3.8, 4) is 10.4 Å². The van der Waals surface area contributed by atoms with Crippen LogP contribution in [-0.4, -0.2) is 19.0 Å². The van der Waals surface area contributed by atoms with Crippen molar-refractivity contribution < 1.29 is 18.4 Å². The Morgan fingerprint density at radius 1 is 0.947 bits per heavy atom. The fraction of sp³-hybridized carbons (Fsp3) is 0.172. The van der Waals surface area contributed by atoms with Gasteiger partial charge in [0.1, 0.15) is 16.6 Å². The minimum Gasteiger partial charge on any atom is -0.326 e. The highest BCUT2D eigenvalue weighted by atomic mass is 32.1. The maximum Gasteiger partial charge on any atom is 0.330 e. The molecule has 3 amide bonds. The summed E-state index contributed by atoms with van der Waals surface area (Å²) in [6, 6.07) is 20.1. The molecule has 194 valence electrons. The van der Waals surface area contributed by atoms with Gasteiger partial charge < -0.3 is 10.6 Å². The lowest BCUT2D eigenvalue weighted by Crippen LogP contribution is -2.47. The monoisotopic (exact) mass is 532 g/mol. The van der Waals surface area contributed by atoms with E-state index in [1.807, 2.05) is 61.6 Å². The van der Waals surface area contributed by atoms with Crippen molar-refractivity contribution in [1.82, 2.24) is 5.32 Å². The highest BCUT2D eigenvalue weighted by molar-refractivity contribution is 7.20. The molecule has 0 aliphatic carbocycles. The van der Waals surface area contributed by atoms with Crippen LogP contribution in [0.2, 0.25) is 0 Å². The van der Waals surface area contributed by atoms with Crippen LogP contribution < -0.4 is 20.4 Å². The largest absolute Gasteiger partial charge is 0.330 e. The molecule has 0 fully saturated rings. The molecule has 0 atom stereocenters. The number of anilines is 3. The van der Waals surface area contributed by atoms with Gasteiger partial charge in [-0.1, -0.05) is 36.4 Å². The number of hydrogen-bond acceptors (Lipinski definition) is 4. The molecule has 0 saturated heterocycles. The van der Waals surface area contributed by atoms with E-state index >= 15 is 0 Å². The molecule has 9 heteroatoms. The number of nitrogens with zero attached hydrogens (tertiary/aromatic N) is 2. The van der Waals surface area contributed by atoms with Gasteiger partial charge in [0.25, 0.3) is 0 Å². The van der Waals surface area contributed by atoms with Gasteiger partial charge in [0.05, 0.1) is 13.1 Å². The summed E-state index contributed by atoms with van der Waals surface area (Å²) in [5.74, 6) is -1.55. The van der Waals surface area contributed by atoms with E-state index in [4.69, 9.17) is 0 Å². The van der Waals surface area contributed by atoms with Crippen LogP contribution >= 0.6 is 11.3 Å². The summed E-state index contributed by atoms with van der Waals surface area (Å²) in [6.07, 6.45) is 0. The molecule has 0 saturated carbocycles. The lowest BCUT2D eigenvalue weighted by Gasteiger charge is -2.36. The highest BCUT2D eigenvalue weighted by Crippen LogP contribution is 2.46. The van der Waals surface area contributed by atoms with E-state index in [1.54, 1.807) is 4.90 Å². The van der Waals surface area contributed by atoms with Gasteiger partial charge in [-0.05, 0) is 54.6 Å². The molecule has 0 bridgehead atoms. The summed E-state index contributed by atoms with van der Waals surface area (Å²) in [4.78, 5) is 29.3. The van der Waals surface area contributed by atoms with Gasteiger partial charge in [-0.2, -0.15) is 0 Å². The Morgan fingerprint density at radius 2 is 1.63 bits per heavy atom. The van der Waals surface area contributed by atoms with E-state index in [0.717, 1.165) is 21.6 Å². The molecule has 3 aromatic carbocycles. The number of fused-ring (bicyclic) bond motifs is 1. The number of urea groups is 1. The number of thiophene rings is 1. The predicted molar refractivity (Wildman–Crippen MR) is 147 cm³/mol. The first kappa shape index (κ1) is 25.6. The Morgan fingerprint density at radius 3 is 2.26 bits per heavy atom. The molecular weight excluding hydrogens is 506 g/mol. The molecule has 6 nitrogen and oxygen atoms in total. The number of benzene rings is 3. The number of halogens is 2. The van der Waals surface area contributed by atoms with E-state index in [-0.39, 0.29) is 24.0 Å². The maximum atomic E-state index is 14.7. The Labute approximate surface area is 223 Å². The summed E-state index contributed by atoms with van der Waals surface area (Å²) in [5, 5.41) is 6.66. The van der Waals surface area contributed by atoms with Crippen molar-refractivity contribution in [2.24, 2.45) is 0 Å². The fourth-order valence-electron chi connectivity index (χ4n) is 4.62. The van der Waals surface area contributed by atoms with Crippen molar-refractivity contribution in [1.29, 1.82) is 0 Å². The van der Waals surface area contributed by atoms with Gasteiger partial charge in [0.2, 0.25) is 5.91 Å². The van der Waals surface area contributed by atoms with Crippen LogP contribution in [0.5, 0.6) is 0 Å². The Bertz CT molecular complexity index is 1470. The molecule has 2 N–H and O–H groups in total. The molecule has 1 aromatic heterocycles. The smallest absolute Gasteiger partial charge is 0.326 e. The topological polar surface area (TPSA) is 64.7 Å². The number of hydrogen-bond donors (Lipinski definition) is 2. The molecule has 1 aliphatic heterocycles. The van der Waals surface area contributed by atoms with Crippen LogP contribution in [0.1, 0.15) is 23.6 Å². The van der Waals surface area contributed by atoms with E-state index in [2.05, 4.69) is 10.6 Å². The predicted octanol–water partition coefficient (Wildman–Crippen LogP) is 6.52. The first-order chi connectivity index (χ1) is 18.4. The van der Waals surface area contributed by atoms with Crippen LogP contribution in [0, 0.1) is 11.6 Å². The van der Waals surface area contributed by atoms with Gasteiger partial charge in [0.15, 0.2) is 0 Å². The van der Waals surface area contributed by atoms with E-state index in [1.165, 1.54) is 41.4 Å². The maximum absolute atomic E-state index is 14.7. The molecule has 0 unspecified atom stereocenters. The van der Waals surface area contributed by atoms with Gasteiger partial charge in [0, 0.05) is 40.8 Å². The zero-order valence-corrected chi connectivity index (χ0v) is 21.7. The van der Waals surface area contributed by atoms with Crippen LogP contribution in [0.25, 0.3) is 10.4 Å². The number of carbonyl (C=O) groups is 2.